The molecular weight excluding hydrogens is 959 g/mol. The fraction of sp³-hybridized carbons (Fsp3) is 0.286. The molecule has 74 heavy (non-hydrogen) atoms. The van der Waals surface area contributed by atoms with Crippen LogP contribution in [0.15, 0.2) is 161 Å². The van der Waals surface area contributed by atoms with Crippen LogP contribution in [0.1, 0.15) is 132 Å². The van der Waals surface area contributed by atoms with E-state index in [1.54, 1.807) is 0 Å². The van der Waals surface area contributed by atoms with Crippen molar-refractivity contribution in [1.82, 2.24) is 0 Å². The van der Waals surface area contributed by atoms with E-state index in [0.29, 0.717) is 4.88 Å². The van der Waals surface area contributed by atoms with Gasteiger partial charge in [0.2, 0.25) is 0 Å². The van der Waals surface area contributed by atoms with Gasteiger partial charge in [-0.05, 0) is 155 Å². The van der Waals surface area contributed by atoms with E-state index in [-0.39, 0.29) is 27.0 Å². The molecule has 378 valence electrons. The summed E-state index contributed by atoms with van der Waals surface area (Å²) in [4.78, 5) is 29.8. The van der Waals surface area contributed by atoms with Gasteiger partial charge in [-0.3, -0.25) is 9.35 Å². The van der Waals surface area contributed by atoms with Crippen LogP contribution in [0.2, 0.25) is 0 Å². The number of aliphatic carboxylic acids is 1. The Morgan fingerprint density at radius 3 is 1.55 bits per heavy atom. The smallest absolute Gasteiger partial charge is 0.357 e. The van der Waals surface area contributed by atoms with Gasteiger partial charge < -0.3 is 10.0 Å². The molecule has 2 N–H and O–H groups in total. The van der Waals surface area contributed by atoms with E-state index in [2.05, 4.69) is 147 Å². The minimum Gasteiger partial charge on any atom is -0.476 e. The van der Waals surface area contributed by atoms with Crippen molar-refractivity contribution in [2.24, 2.45) is 5.10 Å². The van der Waals surface area contributed by atoms with Crippen molar-refractivity contribution in [1.29, 1.82) is 0 Å². The Hall–Kier alpha value is -6.92. The first kappa shape index (κ1) is 50.6. The van der Waals surface area contributed by atoms with Gasteiger partial charge in [0.25, 0.3) is 16.0 Å². The molecule has 0 unspecified atom stereocenters. The maximum Gasteiger partial charge on any atom is 0.357 e. The molecule has 0 fully saturated rings. The normalized spacial score (nSPS) is 15.5. The number of carboxylic acids is 1. The third-order valence-corrected chi connectivity index (χ3v) is 17.6. The van der Waals surface area contributed by atoms with E-state index in [1.165, 1.54) is 74.1 Å². The fourth-order valence-electron chi connectivity index (χ4n) is 12.0. The molecule has 0 spiro atoms. The maximum atomic E-state index is 13.7. The van der Waals surface area contributed by atoms with Crippen LogP contribution in [-0.4, -0.2) is 35.7 Å². The van der Waals surface area contributed by atoms with E-state index in [1.807, 2.05) is 12.1 Å². The molecular formula is C63H63N3O6S2. The van der Waals surface area contributed by atoms with E-state index >= 15 is 0 Å². The van der Waals surface area contributed by atoms with Gasteiger partial charge in [0.05, 0.1) is 16.2 Å². The summed E-state index contributed by atoms with van der Waals surface area (Å²) in [7, 11) is -4.47. The second kappa shape index (κ2) is 20.8. The second-order valence-corrected chi connectivity index (χ2v) is 22.6. The molecule has 0 saturated heterocycles. The third kappa shape index (κ3) is 9.02. The van der Waals surface area contributed by atoms with Gasteiger partial charge in [0.15, 0.2) is 5.71 Å². The monoisotopic (exact) mass is 1020 g/mol. The quantitative estimate of drug-likeness (QED) is 0.0575. The zero-order valence-corrected chi connectivity index (χ0v) is 44.2. The number of anilines is 4. The van der Waals surface area contributed by atoms with Crippen LogP contribution >= 0.6 is 11.3 Å². The molecule has 0 atom stereocenters. The number of rotatable bonds is 20. The largest absolute Gasteiger partial charge is 0.476 e. The number of carbonyl (C=O) groups is 2. The molecule has 2 heterocycles. The summed E-state index contributed by atoms with van der Waals surface area (Å²) in [6.07, 6.45) is 15.1. The lowest BCUT2D eigenvalue weighted by Gasteiger charge is -2.35. The van der Waals surface area contributed by atoms with Crippen LogP contribution in [0.4, 0.5) is 22.7 Å². The van der Waals surface area contributed by atoms with Crippen molar-refractivity contribution >= 4 is 67.9 Å². The summed E-state index contributed by atoms with van der Waals surface area (Å²) < 4.78 is 32.7. The van der Waals surface area contributed by atoms with Crippen molar-refractivity contribution in [2.75, 3.05) is 9.91 Å². The predicted molar refractivity (Wildman–Crippen MR) is 302 cm³/mol. The van der Waals surface area contributed by atoms with Gasteiger partial charge in [0.1, 0.15) is 0 Å². The van der Waals surface area contributed by atoms with Gasteiger partial charge in [-0.1, -0.05) is 152 Å². The van der Waals surface area contributed by atoms with Crippen LogP contribution in [0, 0.1) is 0 Å². The molecule has 0 saturated carbocycles. The first-order valence-electron chi connectivity index (χ1n) is 26.3. The van der Waals surface area contributed by atoms with Gasteiger partial charge in [0, 0.05) is 37.6 Å². The number of carboxylic acid groups (broad SMARTS) is 1. The summed E-state index contributed by atoms with van der Waals surface area (Å²) in [5, 5.41) is 15.1. The predicted octanol–water partition coefficient (Wildman–Crippen LogP) is 16.3. The molecule has 10 rings (SSSR count). The van der Waals surface area contributed by atoms with Crippen molar-refractivity contribution in [3.05, 3.63) is 178 Å². The average Bonchev–Trinajstić information content (AvgIpc) is 4.17. The number of fused-ring (bicyclic) bond motifs is 6. The van der Waals surface area contributed by atoms with Crippen LogP contribution in [-0.2, 0) is 30.5 Å². The zero-order chi connectivity index (χ0) is 51.8. The number of hydrazone groups is 1. The number of thiophene rings is 1. The standard InChI is InChI=1S/C63H63N3O6S2/c1-5-9-35-62(36-10-6-2)54-19-15-13-17-49(54)51-32-27-45(39-56(51)62)65(46-28-33-52-50-18-14-16-20-55(50)63(37-11-7-3,38-12-8-4)57(52)40-46)43-23-21-42(22-24-43)58-34-29-47(73-58)41-53-59(61(68)69)64-66(60(53)67)44-25-30-48(31-26-44)74(70,71)72/h13-34,39-41H,5-12,35-38H2,1-4H3,(H,68,69)(H,70,71,72)/b53-41-. The summed E-state index contributed by atoms with van der Waals surface area (Å²) in [5.74, 6) is -2.05. The first-order valence-corrected chi connectivity index (χ1v) is 28.6. The number of hydrogen-bond acceptors (Lipinski definition) is 7. The van der Waals surface area contributed by atoms with E-state index in [4.69, 9.17) is 0 Å². The molecule has 1 aromatic heterocycles. The van der Waals surface area contributed by atoms with Gasteiger partial charge in [-0.15, -0.1) is 11.3 Å². The first-order chi connectivity index (χ1) is 35.8. The Labute approximate surface area is 439 Å². The summed E-state index contributed by atoms with van der Waals surface area (Å²) in [5.41, 5.74) is 14.8. The highest BCUT2D eigenvalue weighted by Gasteiger charge is 2.44. The van der Waals surface area contributed by atoms with Crippen LogP contribution in [0.5, 0.6) is 0 Å². The van der Waals surface area contributed by atoms with Gasteiger partial charge in [-0.25, -0.2) is 4.79 Å². The highest BCUT2D eigenvalue weighted by Crippen LogP contribution is 2.58. The molecule has 11 heteroatoms. The molecule has 1 amide bonds. The molecule has 2 aliphatic carbocycles. The Bertz CT molecular complexity index is 3310. The van der Waals surface area contributed by atoms with E-state index in [9.17, 15) is 27.7 Å². The molecule has 3 aliphatic rings. The van der Waals surface area contributed by atoms with E-state index < -0.39 is 27.7 Å². The third-order valence-electron chi connectivity index (χ3n) is 15.6. The average molecular weight is 1020 g/mol. The van der Waals surface area contributed by atoms with Crippen molar-refractivity contribution in [3.8, 4) is 32.7 Å². The fourth-order valence-corrected chi connectivity index (χ4v) is 13.4. The lowest BCUT2D eigenvalue weighted by molar-refractivity contribution is -0.129. The summed E-state index contributed by atoms with van der Waals surface area (Å²) >= 11 is 1.43. The number of benzene rings is 6. The van der Waals surface area contributed by atoms with Gasteiger partial charge in [-0.2, -0.15) is 18.5 Å². The number of amides is 1. The van der Waals surface area contributed by atoms with Crippen molar-refractivity contribution in [2.45, 2.75) is 120 Å². The van der Waals surface area contributed by atoms with E-state index in [0.717, 1.165) is 122 Å². The second-order valence-electron chi connectivity index (χ2n) is 20.1. The zero-order valence-electron chi connectivity index (χ0n) is 42.6. The molecule has 0 bridgehead atoms. The molecule has 7 aromatic rings. The SMILES string of the molecule is CCCCC1(CCCC)c2ccccc2-c2ccc(N(c3ccc(-c4ccc(/C=C5\C(=O)N(c6ccc(S(=O)(=O)O)cc6)N=C5C(=O)O)s4)cc3)c3ccc4c(c3)C(CCCC)(CCCC)c3ccccc3-4)cc21. The van der Waals surface area contributed by atoms with Crippen molar-refractivity contribution < 1.29 is 27.7 Å². The molecule has 6 aromatic carbocycles. The Morgan fingerprint density at radius 2 is 1.08 bits per heavy atom. The molecule has 0 radical (unpaired) electrons. The van der Waals surface area contributed by atoms with Crippen LogP contribution < -0.4 is 9.91 Å². The number of unbranched alkanes of at least 4 members (excludes halogenated alkanes) is 4. The van der Waals surface area contributed by atoms with Gasteiger partial charge >= 0.3 is 5.97 Å². The maximum absolute atomic E-state index is 13.7. The number of hydrogen-bond donors (Lipinski definition) is 2. The number of nitrogens with zero attached hydrogens (tertiary/aromatic N) is 3. The highest BCUT2D eigenvalue weighted by atomic mass is 32.2. The Balaban J connectivity index is 1.06. The lowest BCUT2D eigenvalue weighted by Crippen LogP contribution is -2.26. The van der Waals surface area contributed by atoms with Crippen LogP contribution in [0.25, 0.3) is 38.8 Å². The number of carbonyl (C=O) groups excluding carboxylic acids is 1. The van der Waals surface area contributed by atoms with Crippen molar-refractivity contribution in [3.63, 3.8) is 0 Å². The minimum atomic E-state index is -4.47. The Morgan fingerprint density at radius 1 is 0.608 bits per heavy atom. The lowest BCUT2D eigenvalue weighted by atomic mass is 9.70. The minimum absolute atomic E-state index is 0.0828. The topological polar surface area (TPSA) is 128 Å². The molecule has 9 nitrogen and oxygen atoms in total. The summed E-state index contributed by atoms with van der Waals surface area (Å²) in [6.45, 7) is 9.20. The summed E-state index contributed by atoms with van der Waals surface area (Å²) in [6, 6.07) is 49.9. The Kier molecular flexibility index (Phi) is 14.2. The molecule has 1 aliphatic heterocycles. The highest BCUT2D eigenvalue weighted by molar-refractivity contribution is 7.85. The van der Waals surface area contributed by atoms with Crippen LogP contribution in [0.3, 0.4) is 0 Å².